The summed E-state index contributed by atoms with van der Waals surface area (Å²) in [6.07, 6.45) is 5.47. The Bertz CT molecular complexity index is 782. The topological polar surface area (TPSA) is 77.3 Å². The molecule has 0 aliphatic heterocycles. The Hall–Kier alpha value is -1.29. The molecule has 0 saturated heterocycles. The molecular weight excluding hydrogens is 360 g/mol. The number of methoxy groups -OCH3 is 1. The van der Waals surface area contributed by atoms with Gasteiger partial charge in [0.15, 0.2) is 0 Å². The first-order chi connectivity index (χ1) is 12.0. The van der Waals surface area contributed by atoms with Gasteiger partial charge in [-0.3, -0.25) is 4.90 Å². The van der Waals surface area contributed by atoms with Crippen molar-refractivity contribution in [2.75, 3.05) is 26.5 Å². The van der Waals surface area contributed by atoms with Gasteiger partial charge in [-0.05, 0) is 25.8 Å². The first-order valence-electron chi connectivity index (χ1n) is 8.32. The molecule has 0 radical (unpaired) electrons. The van der Waals surface area contributed by atoms with Crippen LogP contribution in [0.1, 0.15) is 23.5 Å². The van der Waals surface area contributed by atoms with Gasteiger partial charge < -0.3 is 9.30 Å². The van der Waals surface area contributed by atoms with Crippen molar-refractivity contribution >= 4 is 21.2 Å². The monoisotopic (exact) mass is 384 g/mol. The van der Waals surface area contributed by atoms with Crippen LogP contribution in [0.25, 0.3) is 0 Å². The predicted molar refractivity (Wildman–Crippen MR) is 96.2 cm³/mol. The standard InChI is InChI=1S/C16H24N4O3S2/c1-19(11-15-17-5-8-24-15)10-14-9-18-16(20(14)6-7-23-2)25(21,22)12-13-3-4-13/h5,8-9,13H,3-4,6-7,10-12H2,1-2H3. The van der Waals surface area contributed by atoms with E-state index in [0.29, 0.717) is 25.6 Å². The van der Waals surface area contributed by atoms with Crippen molar-refractivity contribution in [2.45, 2.75) is 37.6 Å². The van der Waals surface area contributed by atoms with Crippen LogP contribution in [0.5, 0.6) is 0 Å². The molecule has 9 heteroatoms. The highest BCUT2D eigenvalue weighted by molar-refractivity contribution is 7.91. The zero-order valence-electron chi connectivity index (χ0n) is 14.6. The molecule has 0 spiro atoms. The molecule has 0 bridgehead atoms. The van der Waals surface area contributed by atoms with E-state index in [1.54, 1.807) is 35.4 Å². The van der Waals surface area contributed by atoms with Crippen molar-refractivity contribution in [2.24, 2.45) is 5.92 Å². The minimum absolute atomic E-state index is 0.175. The number of ether oxygens (including phenoxy) is 1. The second kappa shape index (κ2) is 7.94. The van der Waals surface area contributed by atoms with Crippen LogP contribution in [0.2, 0.25) is 0 Å². The van der Waals surface area contributed by atoms with Crippen LogP contribution in [0.3, 0.4) is 0 Å². The molecule has 1 fully saturated rings. The van der Waals surface area contributed by atoms with Crippen LogP contribution in [-0.4, -0.2) is 54.4 Å². The van der Waals surface area contributed by atoms with Gasteiger partial charge in [0.2, 0.25) is 15.0 Å². The molecule has 2 aromatic rings. The summed E-state index contributed by atoms with van der Waals surface area (Å²) in [4.78, 5) is 10.7. The number of sulfone groups is 1. The summed E-state index contributed by atoms with van der Waals surface area (Å²) in [5.74, 6) is 0.499. The first-order valence-corrected chi connectivity index (χ1v) is 10.9. The van der Waals surface area contributed by atoms with Crippen molar-refractivity contribution < 1.29 is 13.2 Å². The van der Waals surface area contributed by atoms with Crippen molar-refractivity contribution in [3.05, 3.63) is 28.5 Å². The van der Waals surface area contributed by atoms with Gasteiger partial charge in [-0.25, -0.2) is 18.4 Å². The summed E-state index contributed by atoms with van der Waals surface area (Å²) < 4.78 is 32.3. The van der Waals surface area contributed by atoms with E-state index < -0.39 is 9.84 Å². The Kier molecular flexibility index (Phi) is 5.88. The van der Waals surface area contributed by atoms with Crippen LogP contribution >= 0.6 is 11.3 Å². The smallest absolute Gasteiger partial charge is 0.227 e. The summed E-state index contributed by atoms with van der Waals surface area (Å²) in [6.45, 7) is 2.26. The third kappa shape index (κ3) is 4.87. The Morgan fingerprint density at radius 1 is 1.36 bits per heavy atom. The van der Waals surface area contributed by atoms with E-state index in [9.17, 15) is 8.42 Å². The fourth-order valence-corrected chi connectivity index (χ4v) is 5.31. The second-order valence-corrected chi connectivity index (χ2v) is 9.41. The fourth-order valence-electron chi connectivity index (χ4n) is 2.75. The SMILES string of the molecule is COCCn1c(CN(C)Cc2nccs2)cnc1S(=O)(=O)CC1CC1. The van der Waals surface area contributed by atoms with Gasteiger partial charge in [-0.2, -0.15) is 0 Å². The molecule has 0 amide bonds. The van der Waals surface area contributed by atoms with Crippen LogP contribution in [0.4, 0.5) is 0 Å². The van der Waals surface area contributed by atoms with Gasteiger partial charge in [0, 0.05) is 31.8 Å². The summed E-state index contributed by atoms with van der Waals surface area (Å²) >= 11 is 1.61. The van der Waals surface area contributed by atoms with Gasteiger partial charge in [0.1, 0.15) is 5.01 Å². The zero-order chi connectivity index (χ0) is 17.9. The lowest BCUT2D eigenvalue weighted by Gasteiger charge is -2.17. The molecule has 1 aliphatic rings. The summed E-state index contributed by atoms with van der Waals surface area (Å²) in [5.41, 5.74) is 0.880. The quantitative estimate of drug-likeness (QED) is 0.622. The highest BCUT2D eigenvalue weighted by Gasteiger charge is 2.32. The van der Waals surface area contributed by atoms with Gasteiger partial charge >= 0.3 is 0 Å². The van der Waals surface area contributed by atoms with Crippen molar-refractivity contribution in [3.63, 3.8) is 0 Å². The number of thiazole rings is 1. The van der Waals surface area contributed by atoms with E-state index in [-0.39, 0.29) is 10.9 Å². The largest absolute Gasteiger partial charge is 0.383 e. The van der Waals surface area contributed by atoms with Crippen molar-refractivity contribution in [1.82, 2.24) is 19.4 Å². The van der Waals surface area contributed by atoms with Crippen molar-refractivity contribution in [3.8, 4) is 0 Å². The molecule has 0 N–H and O–H groups in total. The third-order valence-corrected chi connectivity index (χ3v) is 6.73. The maximum Gasteiger partial charge on any atom is 0.227 e. The molecule has 25 heavy (non-hydrogen) atoms. The molecule has 2 aromatic heterocycles. The molecule has 0 atom stereocenters. The average Bonchev–Trinajstić information content (AvgIpc) is 3.05. The van der Waals surface area contributed by atoms with Gasteiger partial charge in [-0.1, -0.05) is 0 Å². The molecule has 0 unspecified atom stereocenters. The van der Waals surface area contributed by atoms with Crippen molar-refractivity contribution in [1.29, 1.82) is 0 Å². The number of rotatable bonds is 10. The fraction of sp³-hybridized carbons (Fsp3) is 0.625. The molecule has 0 aromatic carbocycles. The maximum atomic E-state index is 12.7. The molecule has 3 rings (SSSR count). The molecule has 2 heterocycles. The highest BCUT2D eigenvalue weighted by Crippen LogP contribution is 2.32. The van der Waals surface area contributed by atoms with Crippen LogP contribution in [-0.2, 0) is 34.2 Å². The zero-order valence-corrected chi connectivity index (χ0v) is 16.2. The lowest BCUT2D eigenvalue weighted by Crippen LogP contribution is -2.22. The minimum Gasteiger partial charge on any atom is -0.383 e. The molecule has 1 aliphatic carbocycles. The molecule has 1 saturated carbocycles. The molecule has 138 valence electrons. The normalized spacial score (nSPS) is 15.2. The van der Waals surface area contributed by atoms with Gasteiger partial charge in [-0.15, -0.1) is 11.3 Å². The molecule has 7 nitrogen and oxygen atoms in total. The number of imidazole rings is 1. The second-order valence-electron chi connectivity index (χ2n) is 6.50. The van der Waals surface area contributed by atoms with E-state index in [4.69, 9.17) is 4.74 Å². The predicted octanol–water partition coefficient (Wildman–Crippen LogP) is 1.80. The maximum absolute atomic E-state index is 12.7. The van der Waals surface area contributed by atoms with E-state index in [1.807, 2.05) is 12.4 Å². The number of hydrogen-bond donors (Lipinski definition) is 0. The summed E-state index contributed by atoms with van der Waals surface area (Å²) in [7, 11) is 0.253. The van der Waals surface area contributed by atoms with E-state index in [2.05, 4.69) is 14.9 Å². The highest BCUT2D eigenvalue weighted by atomic mass is 32.2. The van der Waals surface area contributed by atoms with Crippen LogP contribution in [0, 0.1) is 5.92 Å². The Labute approximate surface area is 152 Å². The van der Waals surface area contributed by atoms with Gasteiger partial charge in [0.05, 0.1) is 30.8 Å². The first kappa shape index (κ1) is 18.5. The van der Waals surface area contributed by atoms with Crippen LogP contribution in [0.15, 0.2) is 22.9 Å². The lowest BCUT2D eigenvalue weighted by atomic mass is 10.4. The summed E-state index contributed by atoms with van der Waals surface area (Å²) in [6, 6.07) is 0. The van der Waals surface area contributed by atoms with Crippen LogP contribution < -0.4 is 0 Å². The van der Waals surface area contributed by atoms with Gasteiger partial charge in [0.25, 0.3) is 0 Å². The third-order valence-electron chi connectivity index (χ3n) is 4.17. The number of aromatic nitrogens is 3. The Balaban J connectivity index is 1.78. The average molecular weight is 385 g/mol. The Morgan fingerprint density at radius 2 is 2.16 bits per heavy atom. The number of hydrogen-bond acceptors (Lipinski definition) is 7. The van der Waals surface area contributed by atoms with E-state index in [0.717, 1.165) is 30.1 Å². The number of nitrogens with zero attached hydrogens (tertiary/aromatic N) is 4. The van der Waals surface area contributed by atoms with E-state index >= 15 is 0 Å². The minimum atomic E-state index is -3.36. The Morgan fingerprint density at radius 3 is 2.80 bits per heavy atom. The lowest BCUT2D eigenvalue weighted by molar-refractivity contribution is 0.182. The summed E-state index contributed by atoms with van der Waals surface area (Å²) in [5, 5.41) is 3.16. The van der Waals surface area contributed by atoms with E-state index in [1.165, 1.54) is 0 Å². The molecular formula is C16H24N4O3S2.